The van der Waals surface area contributed by atoms with Gasteiger partial charge in [-0.05, 0) is 17.0 Å². The second kappa shape index (κ2) is 5.61. The van der Waals surface area contributed by atoms with Crippen molar-refractivity contribution in [2.24, 2.45) is 0 Å². The third-order valence-corrected chi connectivity index (χ3v) is 3.39. The second-order valence-electron chi connectivity index (χ2n) is 3.76. The second-order valence-corrected chi connectivity index (χ2v) is 4.79. The SMILES string of the molecule is O=C([O-])c1ccc(C[NH2+]Cc2cccs2)cc1. The van der Waals surface area contributed by atoms with Crippen LogP contribution in [0.3, 0.4) is 0 Å². The first-order valence-electron chi connectivity index (χ1n) is 5.40. The van der Waals surface area contributed by atoms with Gasteiger partial charge in [0, 0.05) is 5.56 Å². The van der Waals surface area contributed by atoms with E-state index in [1.807, 2.05) is 18.2 Å². The van der Waals surface area contributed by atoms with Crippen molar-refractivity contribution in [2.75, 3.05) is 0 Å². The van der Waals surface area contributed by atoms with Gasteiger partial charge in [0.2, 0.25) is 0 Å². The molecule has 1 aromatic heterocycles. The molecule has 0 aliphatic heterocycles. The highest BCUT2D eigenvalue weighted by molar-refractivity contribution is 7.09. The van der Waals surface area contributed by atoms with Crippen molar-refractivity contribution in [2.45, 2.75) is 13.1 Å². The minimum atomic E-state index is -1.13. The number of nitrogens with two attached hydrogens (primary N) is 1. The number of carbonyl (C=O) groups is 1. The van der Waals surface area contributed by atoms with Crippen molar-refractivity contribution < 1.29 is 15.2 Å². The molecule has 0 atom stereocenters. The Morgan fingerprint density at radius 1 is 1.18 bits per heavy atom. The first kappa shape index (κ1) is 11.8. The van der Waals surface area contributed by atoms with Gasteiger partial charge >= 0.3 is 0 Å². The van der Waals surface area contributed by atoms with Gasteiger partial charge in [-0.25, -0.2) is 0 Å². The monoisotopic (exact) mass is 247 g/mol. The number of quaternary nitrogens is 1. The molecule has 0 unspecified atom stereocenters. The molecule has 0 aliphatic rings. The minimum Gasteiger partial charge on any atom is -0.545 e. The number of carboxylic acid groups (broad SMARTS) is 1. The summed E-state index contributed by atoms with van der Waals surface area (Å²) >= 11 is 1.75. The van der Waals surface area contributed by atoms with Crippen LogP contribution in [-0.2, 0) is 13.1 Å². The summed E-state index contributed by atoms with van der Waals surface area (Å²) in [5, 5.41) is 14.8. The van der Waals surface area contributed by atoms with Crippen molar-refractivity contribution in [3.63, 3.8) is 0 Å². The molecule has 0 aliphatic carbocycles. The van der Waals surface area contributed by atoms with Gasteiger partial charge in [-0.15, -0.1) is 11.3 Å². The molecule has 0 saturated heterocycles. The number of hydrogen-bond acceptors (Lipinski definition) is 3. The van der Waals surface area contributed by atoms with Crippen LogP contribution >= 0.6 is 11.3 Å². The number of carboxylic acids is 1. The van der Waals surface area contributed by atoms with E-state index in [1.54, 1.807) is 23.5 Å². The summed E-state index contributed by atoms with van der Waals surface area (Å²) in [5.74, 6) is -1.13. The lowest BCUT2D eigenvalue weighted by atomic mass is 10.1. The van der Waals surface area contributed by atoms with Crippen LogP contribution in [0.1, 0.15) is 20.8 Å². The van der Waals surface area contributed by atoms with Crippen LogP contribution < -0.4 is 10.4 Å². The summed E-state index contributed by atoms with van der Waals surface area (Å²) in [5.41, 5.74) is 1.35. The van der Waals surface area contributed by atoms with Gasteiger partial charge in [-0.1, -0.05) is 30.3 Å². The largest absolute Gasteiger partial charge is 0.545 e. The number of hydrogen-bond donors (Lipinski definition) is 1. The van der Waals surface area contributed by atoms with Gasteiger partial charge < -0.3 is 15.2 Å². The average molecular weight is 247 g/mol. The van der Waals surface area contributed by atoms with Crippen LogP contribution in [-0.4, -0.2) is 5.97 Å². The molecule has 1 heterocycles. The summed E-state index contributed by atoms with van der Waals surface area (Å²) in [4.78, 5) is 11.9. The molecule has 0 spiro atoms. The van der Waals surface area contributed by atoms with Crippen LogP contribution in [0, 0.1) is 0 Å². The van der Waals surface area contributed by atoms with E-state index in [0.717, 1.165) is 18.7 Å². The Morgan fingerprint density at radius 2 is 1.94 bits per heavy atom. The molecular weight excluding hydrogens is 234 g/mol. The standard InChI is InChI=1S/C13H13NO2S/c15-13(16)11-5-3-10(4-6-11)8-14-9-12-2-1-7-17-12/h1-7,14H,8-9H2,(H,15,16). The Balaban J connectivity index is 1.85. The summed E-state index contributed by atoms with van der Waals surface area (Å²) in [6.07, 6.45) is 0. The fourth-order valence-electron chi connectivity index (χ4n) is 1.59. The highest BCUT2D eigenvalue weighted by Gasteiger charge is 1.99. The molecule has 3 nitrogen and oxygen atoms in total. The number of benzene rings is 1. The Morgan fingerprint density at radius 3 is 2.53 bits per heavy atom. The molecule has 0 amide bonds. The predicted octanol–water partition coefficient (Wildman–Crippen LogP) is 0.375. The van der Waals surface area contributed by atoms with Crippen LogP contribution in [0.15, 0.2) is 41.8 Å². The fourth-order valence-corrected chi connectivity index (χ4v) is 2.29. The number of rotatable bonds is 5. The molecule has 0 fully saturated rings. The number of carbonyl (C=O) groups excluding carboxylic acids is 1. The first-order chi connectivity index (χ1) is 8.25. The zero-order valence-corrected chi connectivity index (χ0v) is 10.1. The van der Waals surface area contributed by atoms with E-state index in [1.165, 1.54) is 4.88 Å². The minimum absolute atomic E-state index is 0.229. The molecule has 2 rings (SSSR count). The smallest absolute Gasteiger partial charge is 0.111 e. The number of thiophene rings is 1. The van der Waals surface area contributed by atoms with Gasteiger partial charge in [0.1, 0.15) is 13.1 Å². The van der Waals surface area contributed by atoms with Crippen LogP contribution in [0.4, 0.5) is 0 Å². The lowest BCUT2D eigenvalue weighted by Crippen LogP contribution is -2.80. The highest BCUT2D eigenvalue weighted by atomic mass is 32.1. The highest BCUT2D eigenvalue weighted by Crippen LogP contribution is 2.06. The van der Waals surface area contributed by atoms with Crippen LogP contribution in [0.25, 0.3) is 0 Å². The molecule has 0 bridgehead atoms. The summed E-state index contributed by atoms with van der Waals surface area (Å²) in [7, 11) is 0. The quantitative estimate of drug-likeness (QED) is 0.830. The van der Waals surface area contributed by atoms with Gasteiger partial charge in [0.05, 0.1) is 10.8 Å². The maximum absolute atomic E-state index is 10.6. The molecule has 17 heavy (non-hydrogen) atoms. The van der Waals surface area contributed by atoms with Crippen molar-refractivity contribution in [3.05, 3.63) is 57.8 Å². The first-order valence-corrected chi connectivity index (χ1v) is 6.28. The third-order valence-electron chi connectivity index (χ3n) is 2.50. The molecule has 2 N–H and O–H groups in total. The van der Waals surface area contributed by atoms with E-state index in [4.69, 9.17) is 0 Å². The van der Waals surface area contributed by atoms with Crippen molar-refractivity contribution in [3.8, 4) is 0 Å². The normalized spacial score (nSPS) is 10.4. The molecule has 0 radical (unpaired) electrons. The van der Waals surface area contributed by atoms with Crippen LogP contribution in [0.2, 0.25) is 0 Å². The van der Waals surface area contributed by atoms with Crippen molar-refractivity contribution in [1.82, 2.24) is 0 Å². The number of aromatic carboxylic acids is 1. The van der Waals surface area contributed by atoms with Crippen molar-refractivity contribution in [1.29, 1.82) is 0 Å². The van der Waals surface area contributed by atoms with Crippen LogP contribution in [0.5, 0.6) is 0 Å². The maximum atomic E-state index is 10.6. The van der Waals surface area contributed by atoms with Gasteiger partial charge in [-0.3, -0.25) is 0 Å². The van der Waals surface area contributed by atoms with E-state index in [-0.39, 0.29) is 5.56 Å². The summed E-state index contributed by atoms with van der Waals surface area (Å²) in [6.45, 7) is 1.81. The van der Waals surface area contributed by atoms with Gasteiger partial charge in [0.15, 0.2) is 0 Å². The molecule has 4 heteroatoms. The zero-order valence-electron chi connectivity index (χ0n) is 9.26. The molecule has 1 aromatic carbocycles. The molecule has 88 valence electrons. The lowest BCUT2D eigenvalue weighted by molar-refractivity contribution is -0.685. The Bertz CT molecular complexity index is 477. The summed E-state index contributed by atoms with van der Waals surface area (Å²) in [6, 6.07) is 11.0. The predicted molar refractivity (Wildman–Crippen MR) is 64.4 cm³/mol. The van der Waals surface area contributed by atoms with E-state index < -0.39 is 5.97 Å². The fraction of sp³-hybridized carbons (Fsp3) is 0.154. The maximum Gasteiger partial charge on any atom is 0.111 e. The zero-order chi connectivity index (χ0) is 12.1. The Kier molecular flexibility index (Phi) is 3.90. The molecule has 2 aromatic rings. The van der Waals surface area contributed by atoms with Gasteiger partial charge in [0.25, 0.3) is 0 Å². The average Bonchev–Trinajstić information content (AvgIpc) is 2.83. The van der Waals surface area contributed by atoms with Gasteiger partial charge in [-0.2, -0.15) is 0 Å². The van der Waals surface area contributed by atoms with E-state index >= 15 is 0 Å². The lowest BCUT2D eigenvalue weighted by Gasteiger charge is -2.04. The molecular formula is C13H13NO2S. The third kappa shape index (κ3) is 3.41. The summed E-state index contributed by atoms with van der Waals surface area (Å²) < 4.78 is 0. The van der Waals surface area contributed by atoms with Crippen molar-refractivity contribution >= 4 is 17.3 Å². The topological polar surface area (TPSA) is 56.7 Å². The van der Waals surface area contributed by atoms with E-state index in [0.29, 0.717) is 0 Å². The Labute approximate surface area is 104 Å². The van der Waals surface area contributed by atoms with E-state index in [9.17, 15) is 9.90 Å². The van der Waals surface area contributed by atoms with E-state index in [2.05, 4.69) is 16.8 Å². The molecule has 0 saturated carbocycles. The Hall–Kier alpha value is -1.65.